The molecule has 15 heavy (non-hydrogen) atoms. The van der Waals surface area contributed by atoms with Gasteiger partial charge in [-0.25, -0.2) is 13.2 Å². The van der Waals surface area contributed by atoms with Crippen LogP contribution in [0.25, 0.3) is 0 Å². The normalized spacial score (nSPS) is 11.3. The average molecular weight is 249 g/mol. The number of aryl methyl sites for hydroxylation is 1. The van der Waals surface area contributed by atoms with Gasteiger partial charge >= 0.3 is 5.97 Å². The second-order valence-corrected chi connectivity index (χ2v) is 5.85. The van der Waals surface area contributed by atoms with E-state index < -0.39 is 15.0 Å². The molecule has 6 heteroatoms. The summed E-state index contributed by atoms with van der Waals surface area (Å²) < 4.78 is 21.4. The summed E-state index contributed by atoms with van der Waals surface area (Å²) in [5, 5.41) is 8.81. The molecule has 0 atom stereocenters. The van der Waals surface area contributed by atoms with E-state index in [4.69, 9.17) is 15.8 Å². The van der Waals surface area contributed by atoms with Crippen molar-refractivity contribution in [1.82, 2.24) is 0 Å². The van der Waals surface area contributed by atoms with Crippen LogP contribution in [-0.2, 0) is 15.5 Å². The van der Waals surface area contributed by atoms with E-state index >= 15 is 0 Å². The molecule has 0 aliphatic heterocycles. The third kappa shape index (κ3) is 3.89. The first-order valence-electron chi connectivity index (χ1n) is 4.13. The molecule has 1 aromatic rings. The number of carboxylic acids is 1. The maximum atomic E-state index is 10.8. The zero-order valence-corrected chi connectivity index (χ0v) is 9.25. The molecule has 0 amide bonds. The fourth-order valence-corrected chi connectivity index (χ4v) is 1.87. The number of carbonyl (C=O) groups is 1. The number of rotatable bonds is 4. The zero-order chi connectivity index (χ0) is 11.5. The summed E-state index contributed by atoms with van der Waals surface area (Å²) in [7, 11) is 1.45. The van der Waals surface area contributed by atoms with Crippen molar-refractivity contribution in [3.05, 3.63) is 35.4 Å². The van der Waals surface area contributed by atoms with Crippen molar-refractivity contribution in [1.29, 1.82) is 0 Å². The van der Waals surface area contributed by atoms with Gasteiger partial charge in [-0.3, -0.25) is 0 Å². The van der Waals surface area contributed by atoms with Crippen molar-refractivity contribution in [2.24, 2.45) is 0 Å². The van der Waals surface area contributed by atoms with Gasteiger partial charge in [0.05, 0.1) is 11.3 Å². The molecule has 0 unspecified atom stereocenters. The topological polar surface area (TPSA) is 71.4 Å². The molecule has 0 aliphatic carbocycles. The van der Waals surface area contributed by atoms with Crippen molar-refractivity contribution in [3.8, 4) is 0 Å². The van der Waals surface area contributed by atoms with E-state index in [-0.39, 0.29) is 17.7 Å². The Kier molecular flexibility index (Phi) is 3.71. The average Bonchev–Trinajstić information content (AvgIpc) is 2.14. The Bertz CT molecular complexity index is 467. The van der Waals surface area contributed by atoms with Crippen LogP contribution < -0.4 is 0 Å². The van der Waals surface area contributed by atoms with Gasteiger partial charge in [0.25, 0.3) is 0 Å². The molecule has 1 aromatic carbocycles. The van der Waals surface area contributed by atoms with E-state index in [9.17, 15) is 13.2 Å². The molecule has 0 aliphatic rings. The summed E-state index contributed by atoms with van der Waals surface area (Å²) in [6, 6.07) is 6.24. The maximum Gasteiger partial charge on any atom is 0.335 e. The second kappa shape index (κ2) is 4.63. The Balaban J connectivity index is 2.90. The van der Waals surface area contributed by atoms with Crippen LogP contribution in [-0.4, -0.2) is 25.2 Å². The van der Waals surface area contributed by atoms with Gasteiger partial charge in [0, 0.05) is 10.7 Å². The third-order valence-corrected chi connectivity index (χ3v) is 3.02. The minimum atomic E-state index is -3.59. The lowest BCUT2D eigenvalue weighted by Crippen LogP contribution is -2.07. The second-order valence-electron chi connectivity index (χ2n) is 2.96. The van der Waals surface area contributed by atoms with E-state index in [1.165, 1.54) is 6.07 Å². The predicted octanol–water partition coefficient (Wildman–Crippen LogP) is 1.50. The fourth-order valence-electron chi connectivity index (χ4n) is 1.18. The Labute approximate surface area is 91.9 Å². The molecule has 4 nitrogen and oxygen atoms in total. The fraction of sp³-hybridized carbons (Fsp3) is 0.222. The van der Waals surface area contributed by atoms with Crippen LogP contribution in [0.1, 0.15) is 15.9 Å². The van der Waals surface area contributed by atoms with Crippen LogP contribution in [0.15, 0.2) is 24.3 Å². The Morgan fingerprint density at radius 1 is 1.33 bits per heavy atom. The number of aromatic carboxylic acids is 1. The number of hydrogen-bond donors (Lipinski definition) is 1. The first kappa shape index (κ1) is 12.0. The number of hydrogen-bond acceptors (Lipinski definition) is 3. The quantitative estimate of drug-likeness (QED) is 0.820. The summed E-state index contributed by atoms with van der Waals surface area (Å²) in [4.78, 5) is 10.8. The van der Waals surface area contributed by atoms with Gasteiger partial charge in [-0.05, 0) is 18.1 Å². The highest BCUT2D eigenvalue weighted by molar-refractivity contribution is 8.13. The molecule has 0 fully saturated rings. The number of carboxylic acid groups (broad SMARTS) is 1. The smallest absolute Gasteiger partial charge is 0.335 e. The highest BCUT2D eigenvalue weighted by atomic mass is 35.7. The monoisotopic (exact) mass is 248 g/mol. The zero-order valence-electron chi connectivity index (χ0n) is 7.68. The van der Waals surface area contributed by atoms with Crippen molar-refractivity contribution in [2.75, 3.05) is 5.75 Å². The molecule has 0 aromatic heterocycles. The van der Waals surface area contributed by atoms with Gasteiger partial charge in [-0.2, -0.15) is 0 Å². The molecule has 0 bridgehead atoms. The molecule has 1 N–H and O–H groups in total. The van der Waals surface area contributed by atoms with E-state index in [0.29, 0.717) is 5.56 Å². The van der Waals surface area contributed by atoms with Crippen LogP contribution in [0.5, 0.6) is 0 Å². The van der Waals surface area contributed by atoms with Gasteiger partial charge in [-0.15, -0.1) is 0 Å². The van der Waals surface area contributed by atoms with Crippen LogP contribution >= 0.6 is 10.7 Å². The van der Waals surface area contributed by atoms with Gasteiger partial charge in [0.1, 0.15) is 0 Å². The van der Waals surface area contributed by atoms with Crippen molar-refractivity contribution < 1.29 is 18.3 Å². The highest BCUT2D eigenvalue weighted by Gasteiger charge is 2.12. The van der Waals surface area contributed by atoms with Gasteiger partial charge in [0.15, 0.2) is 0 Å². The van der Waals surface area contributed by atoms with E-state index in [2.05, 4.69) is 0 Å². The molecule has 82 valence electrons. The lowest BCUT2D eigenvalue weighted by molar-refractivity contribution is 0.0695. The minimum absolute atomic E-state index is 0.105. The Morgan fingerprint density at radius 2 is 1.93 bits per heavy atom. The van der Waals surface area contributed by atoms with Gasteiger partial charge < -0.3 is 5.11 Å². The summed E-state index contributed by atoms with van der Waals surface area (Å²) in [6.07, 6.45) is 0.105. The molecule has 1 rings (SSSR count). The molecular weight excluding hydrogens is 240 g/mol. The first-order valence-corrected chi connectivity index (χ1v) is 6.61. The lowest BCUT2D eigenvalue weighted by atomic mass is 10.1. The summed E-state index contributed by atoms with van der Waals surface area (Å²) >= 11 is 0. The SMILES string of the molecule is O=C(O)c1ccccc1CCS(=O)(=O)Cl. The van der Waals surface area contributed by atoms with Crippen LogP contribution in [0, 0.1) is 0 Å². The van der Waals surface area contributed by atoms with Crippen LogP contribution in [0.3, 0.4) is 0 Å². The summed E-state index contributed by atoms with van der Waals surface area (Å²) in [5.74, 6) is -1.34. The summed E-state index contributed by atoms with van der Waals surface area (Å²) in [6.45, 7) is 0. The minimum Gasteiger partial charge on any atom is -0.478 e. The van der Waals surface area contributed by atoms with Crippen molar-refractivity contribution in [2.45, 2.75) is 6.42 Å². The lowest BCUT2D eigenvalue weighted by Gasteiger charge is -2.03. The third-order valence-electron chi connectivity index (χ3n) is 1.86. The van der Waals surface area contributed by atoms with Crippen LogP contribution in [0.4, 0.5) is 0 Å². The molecular formula is C9H9ClO4S. The molecule has 0 saturated heterocycles. The molecule has 0 spiro atoms. The van der Waals surface area contributed by atoms with Crippen molar-refractivity contribution in [3.63, 3.8) is 0 Å². The van der Waals surface area contributed by atoms with Crippen molar-refractivity contribution >= 4 is 25.7 Å². The van der Waals surface area contributed by atoms with Gasteiger partial charge in [0.2, 0.25) is 9.05 Å². The maximum absolute atomic E-state index is 10.8. The Hall–Kier alpha value is -1.07. The molecule has 0 heterocycles. The standard InChI is InChI=1S/C9H9ClO4S/c10-15(13,14)6-5-7-3-1-2-4-8(7)9(11)12/h1-4H,5-6H2,(H,11,12). The molecule has 0 radical (unpaired) electrons. The number of benzene rings is 1. The van der Waals surface area contributed by atoms with E-state index in [0.717, 1.165) is 0 Å². The summed E-state index contributed by atoms with van der Waals surface area (Å²) in [5.41, 5.74) is 0.576. The van der Waals surface area contributed by atoms with Crippen LogP contribution in [0.2, 0.25) is 0 Å². The largest absolute Gasteiger partial charge is 0.478 e. The molecule has 0 saturated carbocycles. The van der Waals surface area contributed by atoms with Gasteiger partial charge in [-0.1, -0.05) is 18.2 Å². The Morgan fingerprint density at radius 3 is 2.47 bits per heavy atom. The van der Waals surface area contributed by atoms with E-state index in [1.807, 2.05) is 0 Å². The number of halogens is 1. The van der Waals surface area contributed by atoms with E-state index in [1.54, 1.807) is 18.2 Å². The highest BCUT2D eigenvalue weighted by Crippen LogP contribution is 2.11. The first-order chi connectivity index (χ1) is 6.90. The predicted molar refractivity (Wildman–Crippen MR) is 56.7 cm³/mol.